The van der Waals surface area contributed by atoms with Gasteiger partial charge in [-0.15, -0.1) is 11.3 Å². The average molecular weight is 474 g/mol. The van der Waals surface area contributed by atoms with Crippen molar-refractivity contribution in [2.75, 3.05) is 14.2 Å². The van der Waals surface area contributed by atoms with E-state index in [2.05, 4.69) is 0 Å². The molecule has 0 unspecified atom stereocenters. The Hall–Kier alpha value is -3.61. The predicted octanol–water partition coefficient (Wildman–Crippen LogP) is 7.00. The first kappa shape index (κ1) is 21.2. The molecule has 5 aromatic rings. The Balaban J connectivity index is 1.70. The zero-order valence-corrected chi connectivity index (χ0v) is 19.6. The van der Waals surface area contributed by atoms with Crippen LogP contribution in [0.4, 0.5) is 0 Å². The topological polar surface area (TPSA) is 49.2 Å². The molecule has 0 atom stereocenters. The fourth-order valence-corrected chi connectivity index (χ4v) is 4.74. The van der Waals surface area contributed by atoms with E-state index in [1.54, 1.807) is 14.2 Å². The maximum atomic E-state index is 6.98. The molecule has 33 heavy (non-hydrogen) atoms. The van der Waals surface area contributed by atoms with Crippen LogP contribution in [0.5, 0.6) is 11.5 Å². The number of rotatable bonds is 6. The van der Waals surface area contributed by atoms with Crippen LogP contribution < -0.4 is 9.47 Å². The van der Waals surface area contributed by atoms with Crippen LogP contribution in [-0.4, -0.2) is 29.0 Å². The summed E-state index contributed by atoms with van der Waals surface area (Å²) in [7, 11) is 3.29. The van der Waals surface area contributed by atoms with Crippen molar-refractivity contribution in [2.24, 2.45) is 0 Å². The van der Waals surface area contributed by atoms with Gasteiger partial charge in [0.25, 0.3) is 0 Å². The SMILES string of the molecule is COc1cccc(-c2nn(-c3nc(-c4ccccc4)cs3)c(-c3cccc(OC)c3)c2Cl)c1. The van der Waals surface area contributed by atoms with Gasteiger partial charge >= 0.3 is 0 Å². The molecule has 0 aliphatic heterocycles. The largest absolute Gasteiger partial charge is 0.497 e. The Bertz CT molecular complexity index is 1410. The molecule has 0 aliphatic carbocycles. The van der Waals surface area contributed by atoms with Gasteiger partial charge in [-0.2, -0.15) is 5.10 Å². The Morgan fingerprint density at radius 2 is 1.42 bits per heavy atom. The molecule has 0 aliphatic rings. The summed E-state index contributed by atoms with van der Waals surface area (Å²) in [5.74, 6) is 1.48. The Morgan fingerprint density at radius 3 is 2.12 bits per heavy atom. The molecule has 7 heteroatoms. The van der Waals surface area contributed by atoms with E-state index < -0.39 is 0 Å². The highest BCUT2D eigenvalue weighted by atomic mass is 35.5. The number of methoxy groups -OCH3 is 2. The Labute approximate surface area is 200 Å². The van der Waals surface area contributed by atoms with Crippen LogP contribution in [0.25, 0.3) is 38.9 Å². The van der Waals surface area contributed by atoms with Crippen molar-refractivity contribution in [3.63, 3.8) is 0 Å². The zero-order chi connectivity index (χ0) is 22.8. The van der Waals surface area contributed by atoms with Crippen molar-refractivity contribution in [1.82, 2.24) is 14.8 Å². The highest BCUT2D eigenvalue weighted by Gasteiger charge is 2.23. The minimum Gasteiger partial charge on any atom is -0.497 e. The number of aromatic nitrogens is 3. The van der Waals surface area contributed by atoms with Crippen molar-refractivity contribution < 1.29 is 9.47 Å². The highest BCUT2D eigenvalue weighted by molar-refractivity contribution is 7.12. The monoisotopic (exact) mass is 473 g/mol. The number of hydrogen-bond donors (Lipinski definition) is 0. The van der Waals surface area contributed by atoms with Crippen LogP contribution in [0, 0.1) is 0 Å². The van der Waals surface area contributed by atoms with E-state index >= 15 is 0 Å². The molecule has 0 spiro atoms. The van der Waals surface area contributed by atoms with Gasteiger partial charge in [0.15, 0.2) is 0 Å². The fourth-order valence-electron chi connectivity index (χ4n) is 3.61. The molecule has 0 bridgehead atoms. The van der Waals surface area contributed by atoms with E-state index in [1.165, 1.54) is 11.3 Å². The molecule has 0 N–H and O–H groups in total. The Morgan fingerprint density at radius 1 is 0.788 bits per heavy atom. The summed E-state index contributed by atoms with van der Waals surface area (Å²) in [5.41, 5.74) is 5.10. The molecule has 0 fully saturated rings. The molecule has 5 rings (SSSR count). The molecule has 2 aromatic heterocycles. The second kappa shape index (κ2) is 9.10. The molecule has 3 aromatic carbocycles. The summed E-state index contributed by atoms with van der Waals surface area (Å²) in [4.78, 5) is 4.87. The Kier molecular flexibility index (Phi) is 5.86. The highest BCUT2D eigenvalue weighted by Crippen LogP contribution is 2.40. The van der Waals surface area contributed by atoms with Gasteiger partial charge in [-0.3, -0.25) is 0 Å². The molecular formula is C26H20ClN3O2S. The summed E-state index contributed by atoms with van der Waals surface area (Å²) < 4.78 is 12.7. The average Bonchev–Trinajstić information content (AvgIpc) is 3.49. The van der Waals surface area contributed by atoms with Gasteiger partial charge in [-0.1, -0.05) is 66.2 Å². The fraction of sp³-hybridized carbons (Fsp3) is 0.0769. The third-order valence-corrected chi connectivity index (χ3v) is 6.43. The van der Waals surface area contributed by atoms with Gasteiger partial charge in [0.1, 0.15) is 17.2 Å². The second-order valence-electron chi connectivity index (χ2n) is 7.27. The van der Waals surface area contributed by atoms with E-state index in [4.69, 9.17) is 31.2 Å². The molecular weight excluding hydrogens is 454 g/mol. The summed E-state index contributed by atoms with van der Waals surface area (Å²) >= 11 is 8.49. The van der Waals surface area contributed by atoms with Crippen LogP contribution in [0.2, 0.25) is 5.02 Å². The van der Waals surface area contributed by atoms with Gasteiger partial charge in [0, 0.05) is 22.1 Å². The van der Waals surface area contributed by atoms with E-state index in [1.807, 2.05) is 88.9 Å². The third-order valence-electron chi connectivity index (χ3n) is 5.26. The van der Waals surface area contributed by atoms with Crippen molar-refractivity contribution in [1.29, 1.82) is 0 Å². The van der Waals surface area contributed by atoms with Crippen LogP contribution in [0.15, 0.2) is 84.2 Å². The standard InChI is InChI=1S/C26H20ClN3O2S/c1-31-20-12-6-10-18(14-20)24-23(27)25(19-11-7-13-21(15-19)32-2)30(29-24)26-28-22(16-33-26)17-8-4-3-5-9-17/h3-16H,1-2H3. The smallest absolute Gasteiger partial charge is 0.211 e. The quantitative estimate of drug-likeness (QED) is 0.266. The first-order valence-corrected chi connectivity index (χ1v) is 11.5. The molecule has 0 saturated heterocycles. The normalized spacial score (nSPS) is 10.9. The van der Waals surface area contributed by atoms with Crippen molar-refractivity contribution in [3.8, 4) is 50.4 Å². The van der Waals surface area contributed by atoms with E-state index in [9.17, 15) is 0 Å². The minimum atomic E-state index is 0.535. The third kappa shape index (κ3) is 4.11. The van der Waals surface area contributed by atoms with Gasteiger partial charge in [-0.05, 0) is 24.3 Å². The lowest BCUT2D eigenvalue weighted by Gasteiger charge is -2.07. The van der Waals surface area contributed by atoms with Gasteiger partial charge in [-0.25, -0.2) is 9.67 Å². The molecule has 0 amide bonds. The number of hydrogen-bond acceptors (Lipinski definition) is 5. The minimum absolute atomic E-state index is 0.535. The van der Waals surface area contributed by atoms with Gasteiger partial charge in [0.05, 0.1) is 30.6 Å². The lowest BCUT2D eigenvalue weighted by Crippen LogP contribution is -1.99. The lowest BCUT2D eigenvalue weighted by atomic mass is 10.1. The van der Waals surface area contributed by atoms with Crippen molar-refractivity contribution >= 4 is 22.9 Å². The first-order valence-electron chi connectivity index (χ1n) is 10.3. The van der Waals surface area contributed by atoms with E-state index in [-0.39, 0.29) is 0 Å². The molecule has 0 saturated carbocycles. The number of nitrogens with zero attached hydrogens (tertiary/aromatic N) is 3. The predicted molar refractivity (Wildman–Crippen MR) is 134 cm³/mol. The van der Waals surface area contributed by atoms with Crippen molar-refractivity contribution in [2.45, 2.75) is 0 Å². The summed E-state index contributed by atoms with van der Waals surface area (Å²) in [6, 6.07) is 25.5. The number of ether oxygens (including phenoxy) is 2. The van der Waals surface area contributed by atoms with Crippen LogP contribution in [0.1, 0.15) is 0 Å². The van der Waals surface area contributed by atoms with E-state index in [0.29, 0.717) is 10.7 Å². The van der Waals surface area contributed by atoms with Crippen molar-refractivity contribution in [3.05, 3.63) is 89.3 Å². The van der Waals surface area contributed by atoms with Crippen LogP contribution in [0.3, 0.4) is 0 Å². The molecule has 0 radical (unpaired) electrons. The van der Waals surface area contributed by atoms with Crippen LogP contribution >= 0.6 is 22.9 Å². The summed E-state index contributed by atoms with van der Waals surface area (Å²) in [6.07, 6.45) is 0. The molecule has 164 valence electrons. The lowest BCUT2D eigenvalue weighted by molar-refractivity contribution is 0.415. The molecule has 2 heterocycles. The second-order valence-corrected chi connectivity index (χ2v) is 8.48. The zero-order valence-electron chi connectivity index (χ0n) is 18.0. The number of thiazole rings is 1. The number of halogens is 1. The summed E-state index contributed by atoms with van der Waals surface area (Å²) in [6.45, 7) is 0. The first-order chi connectivity index (χ1) is 16.2. The molecule has 5 nitrogen and oxygen atoms in total. The number of benzene rings is 3. The summed E-state index contributed by atoms with van der Waals surface area (Å²) in [5, 5.41) is 8.19. The van der Waals surface area contributed by atoms with Gasteiger partial charge in [0.2, 0.25) is 5.13 Å². The maximum Gasteiger partial charge on any atom is 0.211 e. The van der Waals surface area contributed by atoms with Crippen LogP contribution in [-0.2, 0) is 0 Å². The van der Waals surface area contributed by atoms with E-state index in [0.717, 1.165) is 44.7 Å². The van der Waals surface area contributed by atoms with Gasteiger partial charge < -0.3 is 9.47 Å². The maximum absolute atomic E-state index is 6.98.